The SMILES string of the molecule is Cc1ccc(C(C)C)c(OCc2nnc(Cl)s2)c1. The highest BCUT2D eigenvalue weighted by atomic mass is 35.5. The maximum absolute atomic E-state index is 5.83. The standard InChI is InChI=1S/C13H15ClN2OS/c1-8(2)10-5-4-9(3)6-11(10)17-7-12-15-16-13(14)18-12/h4-6,8H,7H2,1-3H3. The first-order valence-electron chi connectivity index (χ1n) is 5.77. The Morgan fingerprint density at radius 1 is 1.33 bits per heavy atom. The third-order valence-electron chi connectivity index (χ3n) is 2.58. The molecule has 3 nitrogen and oxygen atoms in total. The molecular weight excluding hydrogens is 268 g/mol. The molecule has 0 fully saturated rings. The molecule has 0 radical (unpaired) electrons. The molecule has 5 heteroatoms. The smallest absolute Gasteiger partial charge is 0.207 e. The summed E-state index contributed by atoms with van der Waals surface area (Å²) < 4.78 is 6.27. The number of nitrogens with zero attached hydrogens (tertiary/aromatic N) is 2. The predicted octanol–water partition coefficient (Wildman–Crippen LogP) is 4.20. The molecule has 0 N–H and O–H groups in total. The van der Waals surface area contributed by atoms with E-state index < -0.39 is 0 Å². The molecule has 2 aromatic rings. The van der Waals surface area contributed by atoms with Gasteiger partial charge in [-0.15, -0.1) is 10.2 Å². The van der Waals surface area contributed by atoms with E-state index in [-0.39, 0.29) is 0 Å². The van der Waals surface area contributed by atoms with Gasteiger partial charge in [0.2, 0.25) is 4.47 Å². The van der Waals surface area contributed by atoms with Gasteiger partial charge in [-0.25, -0.2) is 0 Å². The second-order valence-electron chi connectivity index (χ2n) is 4.43. The van der Waals surface area contributed by atoms with Crippen LogP contribution in [-0.2, 0) is 6.61 Å². The van der Waals surface area contributed by atoms with Crippen molar-refractivity contribution in [3.05, 3.63) is 38.8 Å². The molecule has 0 spiro atoms. The molecule has 0 bridgehead atoms. The summed E-state index contributed by atoms with van der Waals surface area (Å²) >= 11 is 7.08. The van der Waals surface area contributed by atoms with Gasteiger partial charge in [0.05, 0.1) is 0 Å². The molecule has 0 unspecified atom stereocenters. The fourth-order valence-electron chi connectivity index (χ4n) is 1.67. The Kier molecular flexibility index (Phi) is 4.19. The predicted molar refractivity (Wildman–Crippen MR) is 74.5 cm³/mol. The second-order valence-corrected chi connectivity index (χ2v) is 6.08. The summed E-state index contributed by atoms with van der Waals surface area (Å²) in [6.45, 7) is 6.77. The maximum atomic E-state index is 5.83. The quantitative estimate of drug-likeness (QED) is 0.843. The number of benzene rings is 1. The number of aromatic nitrogens is 2. The molecule has 2 rings (SSSR count). The Balaban J connectivity index is 2.15. The molecule has 0 saturated heterocycles. The van der Waals surface area contributed by atoms with Gasteiger partial charge in [0.1, 0.15) is 12.4 Å². The highest BCUT2D eigenvalue weighted by Crippen LogP contribution is 2.28. The summed E-state index contributed by atoms with van der Waals surface area (Å²) in [5.41, 5.74) is 2.39. The van der Waals surface area contributed by atoms with Gasteiger partial charge < -0.3 is 4.74 Å². The van der Waals surface area contributed by atoms with Gasteiger partial charge in [0, 0.05) is 0 Å². The second kappa shape index (κ2) is 5.67. The monoisotopic (exact) mass is 282 g/mol. The Labute approximate surface area is 116 Å². The van der Waals surface area contributed by atoms with Crippen molar-refractivity contribution in [1.82, 2.24) is 10.2 Å². The van der Waals surface area contributed by atoms with Crippen molar-refractivity contribution < 1.29 is 4.74 Å². The maximum Gasteiger partial charge on any atom is 0.207 e. The molecule has 18 heavy (non-hydrogen) atoms. The van der Waals surface area contributed by atoms with Crippen LogP contribution < -0.4 is 4.74 Å². The number of hydrogen-bond acceptors (Lipinski definition) is 4. The molecular formula is C13H15ClN2OS. The summed E-state index contributed by atoms with van der Waals surface area (Å²) in [7, 11) is 0. The Bertz CT molecular complexity index is 540. The first-order chi connectivity index (χ1) is 8.56. The molecule has 0 aliphatic carbocycles. The zero-order valence-corrected chi connectivity index (χ0v) is 12.2. The van der Waals surface area contributed by atoms with Crippen LogP contribution in [0.1, 0.15) is 35.9 Å². The number of hydrogen-bond donors (Lipinski definition) is 0. The van der Waals surface area contributed by atoms with Gasteiger partial charge in [0.25, 0.3) is 0 Å². The van der Waals surface area contributed by atoms with Crippen molar-refractivity contribution in [2.75, 3.05) is 0 Å². The summed E-state index contributed by atoms with van der Waals surface area (Å²) in [5.74, 6) is 1.34. The first-order valence-corrected chi connectivity index (χ1v) is 6.97. The van der Waals surface area contributed by atoms with Crippen molar-refractivity contribution in [2.45, 2.75) is 33.3 Å². The first kappa shape index (κ1) is 13.3. The zero-order chi connectivity index (χ0) is 13.1. The van der Waals surface area contributed by atoms with E-state index in [0.717, 1.165) is 10.8 Å². The van der Waals surface area contributed by atoms with Crippen LogP contribution in [0.3, 0.4) is 0 Å². The largest absolute Gasteiger partial charge is 0.486 e. The molecule has 0 aliphatic heterocycles. The number of ether oxygens (including phenoxy) is 1. The summed E-state index contributed by atoms with van der Waals surface area (Å²) in [4.78, 5) is 0. The third kappa shape index (κ3) is 3.21. The number of aryl methyl sites for hydroxylation is 1. The van der Waals surface area contributed by atoms with E-state index in [1.54, 1.807) is 0 Å². The summed E-state index contributed by atoms with van der Waals surface area (Å²) in [5, 5.41) is 8.49. The molecule has 0 atom stereocenters. The van der Waals surface area contributed by atoms with Crippen molar-refractivity contribution in [1.29, 1.82) is 0 Å². The molecule has 1 heterocycles. The zero-order valence-electron chi connectivity index (χ0n) is 10.6. The van der Waals surface area contributed by atoms with Crippen molar-refractivity contribution >= 4 is 22.9 Å². The van der Waals surface area contributed by atoms with Crippen LogP contribution in [0.4, 0.5) is 0 Å². The lowest BCUT2D eigenvalue weighted by atomic mass is 10.0. The van der Waals surface area contributed by atoms with Crippen LogP contribution in [0.25, 0.3) is 0 Å². The van der Waals surface area contributed by atoms with E-state index in [1.807, 2.05) is 0 Å². The van der Waals surface area contributed by atoms with Gasteiger partial charge in [-0.1, -0.05) is 37.3 Å². The molecule has 0 aliphatic rings. The average molecular weight is 283 g/mol. The van der Waals surface area contributed by atoms with Gasteiger partial charge in [-0.2, -0.15) is 0 Å². The van der Waals surface area contributed by atoms with Crippen LogP contribution in [-0.4, -0.2) is 10.2 Å². The lowest BCUT2D eigenvalue weighted by molar-refractivity contribution is 0.300. The van der Waals surface area contributed by atoms with E-state index >= 15 is 0 Å². The van der Waals surface area contributed by atoms with E-state index in [1.165, 1.54) is 22.5 Å². The van der Waals surface area contributed by atoms with Crippen molar-refractivity contribution in [3.8, 4) is 5.75 Å². The fourth-order valence-corrected chi connectivity index (χ4v) is 2.46. The minimum atomic E-state index is 0.410. The Hall–Kier alpha value is -1.13. The van der Waals surface area contributed by atoms with Gasteiger partial charge in [0.15, 0.2) is 5.01 Å². The van der Waals surface area contributed by atoms with Gasteiger partial charge >= 0.3 is 0 Å². The van der Waals surface area contributed by atoms with Crippen molar-refractivity contribution in [3.63, 3.8) is 0 Å². The molecule has 96 valence electrons. The Morgan fingerprint density at radius 2 is 2.11 bits per heavy atom. The Morgan fingerprint density at radius 3 is 2.72 bits per heavy atom. The normalized spacial score (nSPS) is 10.9. The minimum Gasteiger partial charge on any atom is -0.486 e. The molecule has 1 aromatic carbocycles. The van der Waals surface area contributed by atoms with Gasteiger partial charge in [-0.05, 0) is 41.6 Å². The highest BCUT2D eigenvalue weighted by Gasteiger charge is 2.09. The number of rotatable bonds is 4. The number of halogens is 1. The lowest BCUT2D eigenvalue weighted by Gasteiger charge is -2.13. The van der Waals surface area contributed by atoms with Crippen LogP contribution >= 0.6 is 22.9 Å². The third-order valence-corrected chi connectivity index (χ3v) is 3.58. The minimum absolute atomic E-state index is 0.410. The van der Waals surface area contributed by atoms with Gasteiger partial charge in [-0.3, -0.25) is 0 Å². The molecule has 0 saturated carbocycles. The van der Waals surface area contributed by atoms with Crippen LogP contribution in [0.15, 0.2) is 18.2 Å². The highest BCUT2D eigenvalue weighted by molar-refractivity contribution is 7.15. The van der Waals surface area contributed by atoms with E-state index in [9.17, 15) is 0 Å². The van der Waals surface area contributed by atoms with E-state index in [2.05, 4.69) is 49.2 Å². The van der Waals surface area contributed by atoms with Crippen molar-refractivity contribution in [2.24, 2.45) is 0 Å². The lowest BCUT2D eigenvalue weighted by Crippen LogP contribution is -2.00. The fraction of sp³-hybridized carbons (Fsp3) is 0.385. The van der Waals surface area contributed by atoms with Crippen LogP contribution in [0.5, 0.6) is 5.75 Å². The van der Waals surface area contributed by atoms with Crippen LogP contribution in [0, 0.1) is 6.92 Å². The average Bonchev–Trinajstić information content (AvgIpc) is 2.72. The van der Waals surface area contributed by atoms with E-state index in [4.69, 9.17) is 16.3 Å². The van der Waals surface area contributed by atoms with Crippen LogP contribution in [0.2, 0.25) is 4.47 Å². The summed E-state index contributed by atoms with van der Waals surface area (Å²) in [6, 6.07) is 6.27. The topological polar surface area (TPSA) is 35.0 Å². The summed E-state index contributed by atoms with van der Waals surface area (Å²) in [6.07, 6.45) is 0. The van der Waals surface area contributed by atoms with E-state index in [0.29, 0.717) is 17.0 Å². The molecule has 1 aromatic heterocycles. The molecule has 0 amide bonds.